The van der Waals surface area contributed by atoms with Gasteiger partial charge in [0, 0.05) is 46.8 Å². The summed E-state index contributed by atoms with van der Waals surface area (Å²) in [4.78, 5) is 85.4. The van der Waals surface area contributed by atoms with Crippen LogP contribution in [0.25, 0.3) is 12.2 Å². The van der Waals surface area contributed by atoms with Gasteiger partial charge in [-0.3, -0.25) is 38.7 Å². The number of aromatic amines is 3. The quantitative estimate of drug-likeness (QED) is 0.104. The minimum absolute atomic E-state index is 0.00191. The van der Waals surface area contributed by atoms with Crippen LogP contribution in [0.2, 0.25) is 6.82 Å². The first-order valence-corrected chi connectivity index (χ1v) is 17.0. The lowest BCUT2D eigenvalue weighted by molar-refractivity contribution is 0.102. The topological polar surface area (TPSA) is 215 Å². The Hall–Kier alpha value is -7.19. The number of nitrogens with one attached hydrogen (secondary N) is 3. The minimum Gasteiger partial charge on any atom is -0.304 e. The minimum atomic E-state index is -0.715. The first kappa shape index (κ1) is 42.2. The Kier molecular flexibility index (Phi) is 15.5. The lowest BCUT2D eigenvalue weighted by Crippen LogP contribution is -2.37. The number of ketones is 2. The molecule has 0 fully saturated rings. The van der Waals surface area contributed by atoms with E-state index in [1.165, 1.54) is 23.5 Å². The van der Waals surface area contributed by atoms with Crippen molar-refractivity contribution in [3.05, 3.63) is 176 Å². The molecule has 5 aromatic rings. The number of carbonyl (C=O) groups excluding carboxylic acids is 2. The highest BCUT2D eigenvalue weighted by Gasteiger charge is 2.23. The molecular weight excluding hydrogens is 697 g/mol. The Morgan fingerprint density at radius 3 is 1.76 bits per heavy atom. The molecular formula is C41H38BN7O6. The molecule has 13 nitrogen and oxygen atoms in total. The number of aromatic nitrogens is 5. The second-order valence-electron chi connectivity index (χ2n) is 11.8. The van der Waals surface area contributed by atoms with Gasteiger partial charge in [0.2, 0.25) is 11.6 Å². The molecule has 3 heterocycles. The molecule has 14 heteroatoms. The molecule has 0 aliphatic rings. The Morgan fingerprint density at radius 1 is 0.745 bits per heavy atom. The number of benzene rings is 2. The lowest BCUT2D eigenvalue weighted by atomic mass is 9.98. The molecule has 0 atom stereocenters. The van der Waals surface area contributed by atoms with Crippen molar-refractivity contribution in [2.45, 2.75) is 53.9 Å². The normalized spacial score (nSPS) is 10.5. The van der Waals surface area contributed by atoms with Gasteiger partial charge >= 0.3 is 11.4 Å². The van der Waals surface area contributed by atoms with Crippen LogP contribution in [-0.4, -0.2) is 43.9 Å². The number of pyridine rings is 1. The fourth-order valence-electron chi connectivity index (χ4n) is 5.69. The van der Waals surface area contributed by atoms with Gasteiger partial charge in [-0.25, -0.2) is 9.59 Å². The third-order valence-electron chi connectivity index (χ3n) is 8.00. The summed E-state index contributed by atoms with van der Waals surface area (Å²) >= 11 is 0. The van der Waals surface area contributed by atoms with Crippen LogP contribution in [-0.2, 0) is 19.4 Å². The third-order valence-corrected chi connectivity index (χ3v) is 8.00. The fourth-order valence-corrected chi connectivity index (χ4v) is 5.69. The molecule has 3 aromatic heterocycles. The predicted molar refractivity (Wildman–Crippen MR) is 211 cm³/mol. The number of H-pyrrole nitrogens is 3. The van der Waals surface area contributed by atoms with Crippen molar-refractivity contribution in [3.8, 4) is 12.1 Å². The summed E-state index contributed by atoms with van der Waals surface area (Å²) in [5.41, 5.74) is 2.59. The van der Waals surface area contributed by atoms with Crippen LogP contribution in [0.4, 0.5) is 0 Å². The van der Waals surface area contributed by atoms with Gasteiger partial charge in [-0.15, -0.1) is 0 Å². The van der Waals surface area contributed by atoms with Crippen LogP contribution in [0.15, 0.2) is 92.3 Å². The molecule has 0 amide bonds. The lowest BCUT2D eigenvalue weighted by Gasteiger charge is -2.15. The summed E-state index contributed by atoms with van der Waals surface area (Å²) in [6.07, 6.45) is 9.64. The summed E-state index contributed by atoms with van der Waals surface area (Å²) in [6, 6.07) is 17.6. The number of hydrogen-bond acceptors (Lipinski definition) is 9. The molecule has 5 rings (SSSR count). The summed E-state index contributed by atoms with van der Waals surface area (Å²) in [6.45, 7) is 8.78. The summed E-state index contributed by atoms with van der Waals surface area (Å²) < 4.78 is 1.30. The van der Waals surface area contributed by atoms with Crippen LogP contribution in [0.5, 0.6) is 0 Å². The van der Waals surface area contributed by atoms with Crippen molar-refractivity contribution < 1.29 is 9.59 Å². The summed E-state index contributed by atoms with van der Waals surface area (Å²) in [5.74, 6) is -0.847. The van der Waals surface area contributed by atoms with Crippen molar-refractivity contribution in [1.29, 1.82) is 10.5 Å². The van der Waals surface area contributed by atoms with Crippen LogP contribution in [0.1, 0.15) is 84.9 Å². The van der Waals surface area contributed by atoms with Gasteiger partial charge in [0.1, 0.15) is 5.69 Å². The highest BCUT2D eigenvalue weighted by atomic mass is 16.2. The maximum atomic E-state index is 13.5. The standard InChI is InChI=1S/C23H20N4O3.C17H15N3O3.CH3B/c1-3-19-20(21(28)18-12-15(2)11-17(13-18)5-4-8-24)27(23(30)26-22(19)29)14-16-6-9-25-10-7-16;1-3-13-14(19-17(23)20-16(13)22)15(21)12-8-10(2)7-11(9-12)5-4-6-18;1-2/h4-7,9-13H,3,14H2,1-2H3,(H,26,29,30);4-5,7-9H,3H2,1-2H3,(H2,19,20,22,23);1H3/b2*5-4+;. The smallest absolute Gasteiger partial charge is 0.304 e. The van der Waals surface area contributed by atoms with E-state index >= 15 is 0 Å². The molecule has 0 aliphatic carbocycles. The summed E-state index contributed by atoms with van der Waals surface area (Å²) in [7, 11) is 4.50. The van der Waals surface area contributed by atoms with E-state index in [0.29, 0.717) is 35.1 Å². The number of allylic oxidation sites excluding steroid dienone is 2. The molecule has 3 N–H and O–H groups in total. The number of nitrogens with zero attached hydrogens (tertiary/aromatic N) is 4. The van der Waals surface area contributed by atoms with Crippen LogP contribution < -0.4 is 22.5 Å². The van der Waals surface area contributed by atoms with E-state index in [0.717, 1.165) is 16.7 Å². The van der Waals surface area contributed by atoms with Gasteiger partial charge in [0.05, 0.1) is 32.2 Å². The number of nitriles is 2. The summed E-state index contributed by atoms with van der Waals surface area (Å²) in [5, 5.41) is 17.4. The van der Waals surface area contributed by atoms with Gasteiger partial charge in [-0.05, 0) is 103 Å². The van der Waals surface area contributed by atoms with Crippen molar-refractivity contribution in [2.24, 2.45) is 0 Å². The monoisotopic (exact) mass is 735 g/mol. The van der Waals surface area contributed by atoms with Crippen LogP contribution >= 0.6 is 0 Å². The number of carbonyl (C=O) groups is 2. The highest BCUT2D eigenvalue weighted by Crippen LogP contribution is 2.18. The zero-order valence-corrected chi connectivity index (χ0v) is 31.0. The van der Waals surface area contributed by atoms with Gasteiger partial charge in [-0.1, -0.05) is 32.8 Å². The second kappa shape index (κ2) is 20.2. The van der Waals surface area contributed by atoms with Crippen LogP contribution in [0.3, 0.4) is 0 Å². The Morgan fingerprint density at radius 2 is 1.25 bits per heavy atom. The average Bonchev–Trinajstić information content (AvgIpc) is 3.17. The molecule has 0 saturated carbocycles. The molecule has 0 spiro atoms. The Bertz CT molecular complexity index is 2580. The number of hydrogen-bond donors (Lipinski definition) is 3. The maximum Gasteiger partial charge on any atom is 0.329 e. The highest BCUT2D eigenvalue weighted by molar-refractivity contribution is 6.09. The van der Waals surface area contributed by atoms with E-state index in [1.807, 2.05) is 38.1 Å². The molecule has 55 heavy (non-hydrogen) atoms. The molecule has 2 radical (unpaired) electrons. The van der Waals surface area contributed by atoms with Gasteiger partial charge in [0.15, 0.2) is 0 Å². The van der Waals surface area contributed by atoms with Gasteiger partial charge in [-0.2, -0.15) is 10.5 Å². The largest absolute Gasteiger partial charge is 0.329 e. The van der Waals surface area contributed by atoms with E-state index in [9.17, 15) is 28.8 Å². The Balaban J connectivity index is 0.000000292. The van der Waals surface area contributed by atoms with Crippen molar-refractivity contribution in [2.75, 3.05) is 0 Å². The average molecular weight is 736 g/mol. The third kappa shape index (κ3) is 10.9. The van der Waals surface area contributed by atoms with Gasteiger partial charge in [0.25, 0.3) is 11.1 Å². The first-order chi connectivity index (χ1) is 26.4. The molecule has 0 saturated heterocycles. The van der Waals surface area contributed by atoms with Crippen molar-refractivity contribution in [3.63, 3.8) is 0 Å². The van der Waals surface area contributed by atoms with E-state index in [1.54, 1.807) is 74.8 Å². The molecule has 0 unspecified atom stereocenters. The molecule has 0 bridgehead atoms. The van der Waals surface area contributed by atoms with Gasteiger partial charge < -0.3 is 4.98 Å². The zero-order valence-electron chi connectivity index (χ0n) is 31.0. The number of rotatable bonds is 10. The van der Waals surface area contributed by atoms with Crippen molar-refractivity contribution in [1.82, 2.24) is 24.5 Å². The molecule has 276 valence electrons. The van der Waals surface area contributed by atoms with E-state index in [-0.39, 0.29) is 29.1 Å². The van der Waals surface area contributed by atoms with E-state index < -0.39 is 34.1 Å². The first-order valence-electron chi connectivity index (χ1n) is 17.0. The fraction of sp³-hybridized carbons (Fsp3) is 0.195. The predicted octanol–water partition coefficient (Wildman–Crippen LogP) is 4.52. The van der Waals surface area contributed by atoms with E-state index in [4.69, 9.17) is 10.5 Å². The van der Waals surface area contributed by atoms with Crippen molar-refractivity contribution >= 4 is 31.6 Å². The SMILES string of the molecule is CCc1c(C(=O)c2cc(C)cc(/C=C/C#N)c2)[nH]c(=O)[nH]c1=O.CCc1c(C(=O)c2cc(C)cc(/C=C/C#N)c2)n(Cc2ccncc2)c(=O)[nH]c1=O.[B]C. The molecule has 0 aliphatic heterocycles. The maximum absolute atomic E-state index is 13.5. The zero-order chi connectivity index (χ0) is 40.7. The second-order valence-corrected chi connectivity index (χ2v) is 11.8. The van der Waals surface area contributed by atoms with E-state index in [2.05, 4.69) is 27.8 Å². The number of aryl methyl sites for hydroxylation is 2. The Labute approximate surface area is 317 Å². The van der Waals surface area contributed by atoms with Crippen LogP contribution in [0, 0.1) is 36.5 Å². The molecule has 2 aromatic carbocycles.